The molecule has 0 N–H and O–H groups in total. The smallest absolute Gasteiger partial charge is 0.258 e. The zero-order valence-electron chi connectivity index (χ0n) is 19.5. The van der Waals surface area contributed by atoms with Crippen molar-refractivity contribution in [3.05, 3.63) is 98.3 Å². The van der Waals surface area contributed by atoms with Crippen molar-refractivity contribution in [3.8, 4) is 0 Å². The van der Waals surface area contributed by atoms with E-state index in [1.54, 1.807) is 18.3 Å². The van der Waals surface area contributed by atoms with Gasteiger partial charge in [-0.1, -0.05) is 59.1 Å². The van der Waals surface area contributed by atoms with E-state index in [-0.39, 0.29) is 11.3 Å². The first-order chi connectivity index (χ1) is 16.9. The zero-order chi connectivity index (χ0) is 24.6. The zero-order valence-corrected chi connectivity index (χ0v) is 21.7. The predicted octanol–water partition coefficient (Wildman–Crippen LogP) is 7.06. The van der Waals surface area contributed by atoms with Crippen molar-refractivity contribution < 1.29 is 4.79 Å². The highest BCUT2D eigenvalue weighted by Gasteiger charge is 2.46. The summed E-state index contributed by atoms with van der Waals surface area (Å²) in [5.41, 5.74) is 4.80. The lowest BCUT2D eigenvalue weighted by atomic mass is 9.74. The number of hydrogen-bond donors (Lipinski definition) is 0. The number of rotatable bonds is 4. The third-order valence-corrected chi connectivity index (χ3v) is 8.14. The number of carbonyl (C=O) groups excluding carboxylic acids is 1. The number of benzene rings is 2. The lowest BCUT2D eigenvalue weighted by Gasteiger charge is -2.39. The Labute approximate surface area is 221 Å². The molecule has 2 aliphatic rings. The van der Waals surface area contributed by atoms with Crippen LogP contribution in [0, 0.1) is 6.92 Å². The van der Waals surface area contributed by atoms with Crippen LogP contribution in [0.15, 0.2) is 60.8 Å². The Morgan fingerprint density at radius 2 is 1.89 bits per heavy atom. The van der Waals surface area contributed by atoms with Crippen LogP contribution in [0.25, 0.3) is 6.08 Å². The van der Waals surface area contributed by atoms with E-state index in [1.807, 2.05) is 42.2 Å². The van der Waals surface area contributed by atoms with Crippen molar-refractivity contribution in [1.29, 1.82) is 0 Å². The topological polar surface area (TPSA) is 36.4 Å². The molecule has 1 spiro atoms. The van der Waals surface area contributed by atoms with E-state index < -0.39 is 0 Å². The van der Waals surface area contributed by atoms with Crippen LogP contribution in [0.1, 0.15) is 39.9 Å². The van der Waals surface area contributed by atoms with Crippen molar-refractivity contribution in [2.75, 3.05) is 31.1 Å². The van der Waals surface area contributed by atoms with E-state index >= 15 is 0 Å². The summed E-state index contributed by atoms with van der Waals surface area (Å²) in [7, 11) is 0. The molecule has 0 saturated carbocycles. The molecule has 2 aromatic carbocycles. The molecule has 1 aromatic heterocycles. The number of likely N-dealkylation sites (tertiary alicyclic amines) is 1. The molecule has 4 nitrogen and oxygen atoms in total. The van der Waals surface area contributed by atoms with Gasteiger partial charge in [-0.25, -0.2) is 4.98 Å². The molecule has 2 aliphatic heterocycles. The molecule has 180 valence electrons. The summed E-state index contributed by atoms with van der Waals surface area (Å²) in [6, 6.07) is 15.2. The van der Waals surface area contributed by atoms with Gasteiger partial charge in [0, 0.05) is 46.0 Å². The first kappa shape index (κ1) is 24.3. The number of hydrogen-bond acceptors (Lipinski definition) is 3. The van der Waals surface area contributed by atoms with Crippen molar-refractivity contribution >= 4 is 52.5 Å². The number of anilines is 1. The number of pyridine rings is 1. The molecule has 35 heavy (non-hydrogen) atoms. The molecule has 0 atom stereocenters. The lowest BCUT2D eigenvalue weighted by Crippen LogP contribution is -2.46. The fourth-order valence-electron chi connectivity index (χ4n) is 5.24. The van der Waals surface area contributed by atoms with Crippen molar-refractivity contribution in [2.24, 2.45) is 0 Å². The van der Waals surface area contributed by atoms with Gasteiger partial charge >= 0.3 is 0 Å². The highest BCUT2D eigenvalue weighted by Crippen LogP contribution is 2.48. The number of nitrogens with zero attached hydrogens (tertiary/aromatic N) is 3. The number of carbonyl (C=O) groups is 1. The van der Waals surface area contributed by atoms with Crippen LogP contribution in [0.2, 0.25) is 15.2 Å². The van der Waals surface area contributed by atoms with Gasteiger partial charge in [-0.2, -0.15) is 0 Å². The summed E-state index contributed by atoms with van der Waals surface area (Å²) in [6.45, 7) is 5.47. The number of amides is 1. The van der Waals surface area contributed by atoms with Gasteiger partial charge in [0.25, 0.3) is 5.91 Å². The molecule has 1 saturated heterocycles. The summed E-state index contributed by atoms with van der Waals surface area (Å²) >= 11 is 18.7. The summed E-state index contributed by atoms with van der Waals surface area (Å²) < 4.78 is 0. The van der Waals surface area contributed by atoms with Crippen LogP contribution in [0.3, 0.4) is 0 Å². The molecule has 1 fully saturated rings. The summed E-state index contributed by atoms with van der Waals surface area (Å²) in [5.74, 6) is -0.0583. The lowest BCUT2D eigenvalue weighted by molar-refractivity contribution is 0.0977. The van der Waals surface area contributed by atoms with Crippen LogP contribution < -0.4 is 4.90 Å². The minimum atomic E-state index is -0.101. The predicted molar refractivity (Wildman–Crippen MR) is 145 cm³/mol. The van der Waals surface area contributed by atoms with Gasteiger partial charge in [0.1, 0.15) is 5.15 Å². The van der Waals surface area contributed by atoms with Crippen molar-refractivity contribution in [2.45, 2.75) is 25.2 Å². The third-order valence-electron chi connectivity index (χ3n) is 7.28. The standard InChI is InChI=1S/C28H26Cl3N3O/c1-19-20(4-2-6-24(19)30)5-3-13-33-14-10-28(11-15-33)18-34(25-8-7-22(29)17-23(25)28)27(35)21-9-12-32-26(31)16-21/h2-9,12,16-17H,10-11,13-15,18H2,1H3/b5-3+. The van der Waals surface area contributed by atoms with E-state index in [9.17, 15) is 4.79 Å². The molecular weight excluding hydrogens is 501 g/mol. The first-order valence-corrected chi connectivity index (χ1v) is 12.9. The van der Waals surface area contributed by atoms with Crippen LogP contribution in [-0.4, -0.2) is 42.0 Å². The van der Waals surface area contributed by atoms with Gasteiger partial charge in [-0.05, 0) is 85.9 Å². The Bertz CT molecular complexity index is 1300. The molecule has 0 bridgehead atoms. The molecule has 7 heteroatoms. The average molecular weight is 527 g/mol. The number of piperidine rings is 1. The maximum atomic E-state index is 13.4. The van der Waals surface area contributed by atoms with Crippen molar-refractivity contribution in [3.63, 3.8) is 0 Å². The average Bonchev–Trinajstić information content (AvgIpc) is 3.15. The Kier molecular flexibility index (Phi) is 6.91. The van der Waals surface area contributed by atoms with Crippen LogP contribution in [-0.2, 0) is 5.41 Å². The van der Waals surface area contributed by atoms with Crippen LogP contribution >= 0.6 is 34.8 Å². The molecule has 0 aliphatic carbocycles. The number of halogens is 3. The minimum absolute atomic E-state index is 0.0583. The molecule has 1 amide bonds. The highest BCUT2D eigenvalue weighted by atomic mass is 35.5. The summed E-state index contributed by atoms with van der Waals surface area (Å²) in [6.07, 6.45) is 7.85. The van der Waals surface area contributed by atoms with E-state index in [4.69, 9.17) is 34.8 Å². The maximum Gasteiger partial charge on any atom is 0.258 e. The van der Waals surface area contributed by atoms with Crippen LogP contribution in [0.5, 0.6) is 0 Å². The largest absolute Gasteiger partial charge is 0.307 e. The van der Waals surface area contributed by atoms with Crippen LogP contribution in [0.4, 0.5) is 5.69 Å². The second-order valence-electron chi connectivity index (χ2n) is 9.36. The number of aromatic nitrogens is 1. The SMILES string of the molecule is Cc1c(Cl)cccc1/C=C/CN1CCC2(CC1)CN(C(=O)c1ccnc(Cl)c1)c1ccc(Cl)cc12. The number of fused-ring (bicyclic) bond motifs is 2. The maximum absolute atomic E-state index is 13.4. The Balaban J connectivity index is 1.32. The molecule has 3 aromatic rings. The minimum Gasteiger partial charge on any atom is -0.307 e. The molecule has 0 radical (unpaired) electrons. The Hall–Kier alpha value is -2.37. The highest BCUT2D eigenvalue weighted by molar-refractivity contribution is 6.31. The quantitative estimate of drug-likeness (QED) is 0.342. The normalized spacial score (nSPS) is 17.3. The van der Waals surface area contributed by atoms with E-state index in [0.29, 0.717) is 22.3 Å². The van der Waals surface area contributed by atoms with E-state index in [1.165, 1.54) is 5.56 Å². The molecular formula is C28H26Cl3N3O. The van der Waals surface area contributed by atoms with Gasteiger partial charge in [-0.15, -0.1) is 0 Å². The fraction of sp³-hybridized carbons (Fsp3) is 0.286. The van der Waals surface area contributed by atoms with E-state index in [0.717, 1.165) is 54.3 Å². The van der Waals surface area contributed by atoms with Crippen molar-refractivity contribution in [1.82, 2.24) is 9.88 Å². The van der Waals surface area contributed by atoms with Gasteiger partial charge in [0.15, 0.2) is 0 Å². The van der Waals surface area contributed by atoms with Gasteiger partial charge in [0.2, 0.25) is 0 Å². The van der Waals surface area contributed by atoms with E-state index in [2.05, 4.69) is 28.1 Å². The second kappa shape index (κ2) is 9.94. The first-order valence-electron chi connectivity index (χ1n) is 11.7. The monoisotopic (exact) mass is 525 g/mol. The fourth-order valence-corrected chi connectivity index (χ4v) is 5.77. The Morgan fingerprint density at radius 3 is 2.66 bits per heavy atom. The summed E-state index contributed by atoms with van der Waals surface area (Å²) in [5, 5.41) is 1.81. The Morgan fingerprint density at radius 1 is 1.09 bits per heavy atom. The third kappa shape index (κ3) is 4.85. The molecule has 5 rings (SSSR count). The van der Waals surface area contributed by atoms with Gasteiger partial charge in [-0.3, -0.25) is 9.69 Å². The molecule has 3 heterocycles. The second-order valence-corrected chi connectivity index (χ2v) is 10.6. The van der Waals surface area contributed by atoms with Gasteiger partial charge in [0.05, 0.1) is 0 Å². The van der Waals surface area contributed by atoms with Gasteiger partial charge < -0.3 is 4.90 Å². The molecule has 0 unspecified atom stereocenters. The summed E-state index contributed by atoms with van der Waals surface area (Å²) in [4.78, 5) is 21.8.